The van der Waals surface area contributed by atoms with Gasteiger partial charge in [0.25, 0.3) is 0 Å². The predicted octanol–water partition coefficient (Wildman–Crippen LogP) is 4.32. The van der Waals surface area contributed by atoms with Crippen LogP contribution in [0.2, 0.25) is 5.02 Å². The van der Waals surface area contributed by atoms with Crippen LogP contribution in [0.5, 0.6) is 0 Å². The summed E-state index contributed by atoms with van der Waals surface area (Å²) >= 11 is 5.82. The summed E-state index contributed by atoms with van der Waals surface area (Å²) in [4.78, 5) is 8.78. The molecule has 1 aromatic carbocycles. The van der Waals surface area contributed by atoms with Gasteiger partial charge in [0.2, 0.25) is 0 Å². The molecular formula is C15H17ClFN3. The second-order valence-electron chi connectivity index (χ2n) is 4.45. The lowest BCUT2D eigenvalue weighted by Gasteiger charge is -2.09. The molecule has 3 nitrogen and oxygen atoms in total. The third-order valence-electron chi connectivity index (χ3n) is 2.84. The molecule has 0 aliphatic rings. The Labute approximate surface area is 123 Å². The van der Waals surface area contributed by atoms with E-state index in [0.717, 1.165) is 25.1 Å². The van der Waals surface area contributed by atoms with Crippen molar-refractivity contribution in [1.29, 1.82) is 0 Å². The van der Waals surface area contributed by atoms with Gasteiger partial charge in [-0.2, -0.15) is 0 Å². The first-order valence-electron chi connectivity index (χ1n) is 6.72. The fourth-order valence-electron chi connectivity index (χ4n) is 1.95. The summed E-state index contributed by atoms with van der Waals surface area (Å²) in [7, 11) is 0. The summed E-state index contributed by atoms with van der Waals surface area (Å²) < 4.78 is 14.1. The number of halogens is 2. The summed E-state index contributed by atoms with van der Waals surface area (Å²) in [5, 5.41) is 3.22. The fourth-order valence-corrected chi connectivity index (χ4v) is 2.12. The lowest BCUT2D eigenvalue weighted by Crippen LogP contribution is -2.04. The van der Waals surface area contributed by atoms with Crippen molar-refractivity contribution in [2.45, 2.75) is 26.7 Å². The Morgan fingerprint density at radius 2 is 2.05 bits per heavy atom. The van der Waals surface area contributed by atoms with E-state index >= 15 is 0 Å². The minimum Gasteiger partial charge on any atom is -0.370 e. The quantitative estimate of drug-likeness (QED) is 0.892. The van der Waals surface area contributed by atoms with Crippen molar-refractivity contribution in [3.63, 3.8) is 0 Å². The predicted molar refractivity (Wildman–Crippen MR) is 80.6 cm³/mol. The topological polar surface area (TPSA) is 37.8 Å². The number of aromatic nitrogens is 2. The Morgan fingerprint density at radius 1 is 1.25 bits per heavy atom. The SMILES string of the molecule is CCCc1cc(NCC)nc(-c2cccc(Cl)c2F)n1. The van der Waals surface area contributed by atoms with Gasteiger partial charge < -0.3 is 5.32 Å². The molecule has 0 saturated carbocycles. The lowest BCUT2D eigenvalue weighted by molar-refractivity contribution is 0.630. The van der Waals surface area contributed by atoms with Crippen molar-refractivity contribution in [2.75, 3.05) is 11.9 Å². The average molecular weight is 294 g/mol. The summed E-state index contributed by atoms with van der Waals surface area (Å²) in [6.45, 7) is 4.82. The van der Waals surface area contributed by atoms with Crippen LogP contribution in [0.4, 0.5) is 10.2 Å². The van der Waals surface area contributed by atoms with Gasteiger partial charge >= 0.3 is 0 Å². The number of aryl methyl sites for hydroxylation is 1. The van der Waals surface area contributed by atoms with Gasteiger partial charge in [0.15, 0.2) is 11.6 Å². The van der Waals surface area contributed by atoms with Gasteiger partial charge in [0, 0.05) is 18.3 Å². The van der Waals surface area contributed by atoms with Gasteiger partial charge in [-0.15, -0.1) is 0 Å². The van der Waals surface area contributed by atoms with Crippen LogP contribution in [0.15, 0.2) is 24.3 Å². The highest BCUT2D eigenvalue weighted by molar-refractivity contribution is 6.31. The second kappa shape index (κ2) is 6.66. The first-order chi connectivity index (χ1) is 9.65. The molecule has 0 spiro atoms. The average Bonchev–Trinajstić information content (AvgIpc) is 2.42. The molecule has 1 aromatic heterocycles. The molecule has 1 N–H and O–H groups in total. The van der Waals surface area contributed by atoms with Crippen molar-refractivity contribution in [2.24, 2.45) is 0 Å². The number of anilines is 1. The van der Waals surface area contributed by atoms with Crippen molar-refractivity contribution < 1.29 is 4.39 Å². The third kappa shape index (κ3) is 3.25. The van der Waals surface area contributed by atoms with E-state index in [1.54, 1.807) is 12.1 Å². The van der Waals surface area contributed by atoms with Crippen LogP contribution >= 0.6 is 11.6 Å². The van der Waals surface area contributed by atoms with E-state index in [1.165, 1.54) is 6.07 Å². The number of benzene rings is 1. The molecule has 20 heavy (non-hydrogen) atoms. The van der Waals surface area contributed by atoms with Crippen LogP contribution in [0.3, 0.4) is 0 Å². The third-order valence-corrected chi connectivity index (χ3v) is 3.13. The maximum Gasteiger partial charge on any atom is 0.164 e. The first kappa shape index (κ1) is 14.7. The van der Waals surface area contributed by atoms with Crippen LogP contribution in [-0.4, -0.2) is 16.5 Å². The zero-order valence-corrected chi connectivity index (χ0v) is 12.3. The van der Waals surface area contributed by atoms with Gasteiger partial charge in [-0.25, -0.2) is 14.4 Å². The number of hydrogen-bond donors (Lipinski definition) is 1. The molecule has 2 aromatic rings. The number of hydrogen-bond acceptors (Lipinski definition) is 3. The van der Waals surface area contributed by atoms with E-state index in [2.05, 4.69) is 22.2 Å². The van der Waals surface area contributed by atoms with Gasteiger partial charge in [0.1, 0.15) is 5.82 Å². The molecule has 0 unspecified atom stereocenters. The molecule has 0 atom stereocenters. The normalized spacial score (nSPS) is 10.6. The molecule has 0 saturated heterocycles. The molecule has 1 heterocycles. The summed E-state index contributed by atoms with van der Waals surface area (Å²) in [6.07, 6.45) is 1.80. The van der Waals surface area contributed by atoms with Crippen LogP contribution in [0.1, 0.15) is 26.0 Å². The Balaban J connectivity index is 2.51. The lowest BCUT2D eigenvalue weighted by atomic mass is 10.1. The van der Waals surface area contributed by atoms with E-state index < -0.39 is 5.82 Å². The molecule has 0 radical (unpaired) electrons. The van der Waals surface area contributed by atoms with Gasteiger partial charge in [-0.3, -0.25) is 0 Å². The second-order valence-corrected chi connectivity index (χ2v) is 4.86. The van der Waals surface area contributed by atoms with Crippen molar-refractivity contribution in [3.05, 3.63) is 40.8 Å². The van der Waals surface area contributed by atoms with Crippen molar-refractivity contribution in [3.8, 4) is 11.4 Å². The van der Waals surface area contributed by atoms with E-state index in [-0.39, 0.29) is 5.02 Å². The fraction of sp³-hybridized carbons (Fsp3) is 0.333. The Morgan fingerprint density at radius 3 is 2.75 bits per heavy atom. The number of nitrogens with zero attached hydrogens (tertiary/aromatic N) is 2. The molecule has 0 amide bonds. The summed E-state index contributed by atoms with van der Waals surface area (Å²) in [5.74, 6) is 0.595. The maximum absolute atomic E-state index is 14.1. The monoisotopic (exact) mass is 293 g/mol. The smallest absolute Gasteiger partial charge is 0.164 e. The van der Waals surface area contributed by atoms with Crippen LogP contribution in [0.25, 0.3) is 11.4 Å². The molecular weight excluding hydrogens is 277 g/mol. The Kier molecular flexibility index (Phi) is 4.90. The molecule has 5 heteroatoms. The zero-order chi connectivity index (χ0) is 14.5. The van der Waals surface area contributed by atoms with Crippen LogP contribution < -0.4 is 5.32 Å². The Bertz CT molecular complexity index is 577. The minimum atomic E-state index is -0.481. The molecule has 0 aliphatic heterocycles. The highest BCUT2D eigenvalue weighted by atomic mass is 35.5. The highest BCUT2D eigenvalue weighted by Gasteiger charge is 2.13. The van der Waals surface area contributed by atoms with Crippen molar-refractivity contribution in [1.82, 2.24) is 9.97 Å². The van der Waals surface area contributed by atoms with E-state index in [9.17, 15) is 4.39 Å². The van der Waals surface area contributed by atoms with Crippen molar-refractivity contribution >= 4 is 17.4 Å². The number of rotatable bonds is 5. The van der Waals surface area contributed by atoms with Crippen LogP contribution in [0, 0.1) is 5.82 Å². The first-order valence-corrected chi connectivity index (χ1v) is 7.09. The standard InChI is InChI=1S/C15H17ClFN3/c1-3-6-10-9-13(18-4-2)20-15(19-10)11-7-5-8-12(16)14(11)17/h5,7-9H,3-4,6H2,1-2H3,(H,18,19,20). The van der Waals surface area contributed by atoms with Gasteiger partial charge in [-0.05, 0) is 25.5 Å². The van der Waals surface area contributed by atoms with Crippen LogP contribution in [-0.2, 0) is 6.42 Å². The summed E-state index contributed by atoms with van der Waals surface area (Å²) in [5.41, 5.74) is 1.22. The Hall–Kier alpha value is -1.68. The molecule has 2 rings (SSSR count). The number of nitrogens with one attached hydrogen (secondary N) is 1. The van der Waals surface area contributed by atoms with E-state index in [4.69, 9.17) is 11.6 Å². The zero-order valence-electron chi connectivity index (χ0n) is 11.6. The van der Waals surface area contributed by atoms with E-state index in [0.29, 0.717) is 17.2 Å². The summed E-state index contributed by atoms with van der Waals surface area (Å²) in [6, 6.07) is 6.76. The van der Waals surface area contributed by atoms with Gasteiger partial charge in [0.05, 0.1) is 10.6 Å². The highest BCUT2D eigenvalue weighted by Crippen LogP contribution is 2.26. The molecule has 0 bridgehead atoms. The van der Waals surface area contributed by atoms with E-state index in [1.807, 2.05) is 13.0 Å². The molecule has 106 valence electrons. The minimum absolute atomic E-state index is 0.0806. The molecule has 0 aliphatic carbocycles. The maximum atomic E-state index is 14.1. The largest absolute Gasteiger partial charge is 0.370 e. The van der Waals surface area contributed by atoms with Gasteiger partial charge in [-0.1, -0.05) is 31.0 Å². The molecule has 0 fully saturated rings.